The Morgan fingerprint density at radius 2 is 2.00 bits per heavy atom. The van der Waals surface area contributed by atoms with Crippen molar-refractivity contribution in [1.82, 2.24) is 0 Å². The van der Waals surface area contributed by atoms with Crippen LogP contribution < -0.4 is 10.5 Å². The molecule has 0 fully saturated rings. The van der Waals surface area contributed by atoms with Gasteiger partial charge in [-0.1, -0.05) is 13.0 Å². The molecule has 0 spiro atoms. The third kappa shape index (κ3) is 3.11. The number of nitrogen functional groups attached to an aromatic ring is 1. The van der Waals surface area contributed by atoms with E-state index in [-0.39, 0.29) is 6.61 Å². The van der Waals surface area contributed by atoms with Gasteiger partial charge >= 0.3 is 5.97 Å². The van der Waals surface area contributed by atoms with Crippen molar-refractivity contribution in [2.24, 2.45) is 0 Å². The van der Waals surface area contributed by atoms with Gasteiger partial charge in [0.1, 0.15) is 12.2 Å². The molecule has 1 aromatic heterocycles. The minimum atomic E-state index is -0.430. The summed E-state index contributed by atoms with van der Waals surface area (Å²) in [6.07, 6.45) is 0.988. The Morgan fingerprint density at radius 3 is 2.65 bits per heavy atom. The van der Waals surface area contributed by atoms with Crippen LogP contribution in [0, 0.1) is 0 Å². The van der Waals surface area contributed by atoms with Crippen molar-refractivity contribution in [3.05, 3.63) is 45.6 Å². The van der Waals surface area contributed by atoms with E-state index in [9.17, 15) is 4.79 Å². The van der Waals surface area contributed by atoms with E-state index in [4.69, 9.17) is 15.2 Å². The summed E-state index contributed by atoms with van der Waals surface area (Å²) < 4.78 is 10.5. The summed E-state index contributed by atoms with van der Waals surface area (Å²) in [5, 5.41) is 0. The topological polar surface area (TPSA) is 61.5 Å². The van der Waals surface area contributed by atoms with Crippen molar-refractivity contribution < 1.29 is 14.3 Å². The Morgan fingerprint density at radius 1 is 1.25 bits per heavy atom. The van der Waals surface area contributed by atoms with Gasteiger partial charge in [-0.3, -0.25) is 0 Å². The number of thiophene rings is 1. The highest BCUT2D eigenvalue weighted by Gasteiger charge is 2.16. The molecule has 0 aliphatic carbocycles. The predicted molar refractivity (Wildman–Crippen MR) is 80.2 cm³/mol. The molecule has 0 aliphatic heterocycles. The van der Waals surface area contributed by atoms with Crippen molar-refractivity contribution in [3.63, 3.8) is 0 Å². The summed E-state index contributed by atoms with van der Waals surface area (Å²) in [5.41, 5.74) is 6.54. The van der Waals surface area contributed by atoms with E-state index in [2.05, 4.69) is 13.0 Å². The van der Waals surface area contributed by atoms with Gasteiger partial charge in [0.15, 0.2) is 5.75 Å². The van der Waals surface area contributed by atoms with Gasteiger partial charge < -0.3 is 15.2 Å². The molecule has 2 aromatic rings. The van der Waals surface area contributed by atoms with Crippen LogP contribution in [0.15, 0.2) is 30.3 Å². The van der Waals surface area contributed by atoms with Crippen molar-refractivity contribution in [3.8, 4) is 5.75 Å². The van der Waals surface area contributed by atoms with E-state index in [0.717, 1.165) is 11.3 Å². The van der Waals surface area contributed by atoms with Crippen LogP contribution in [0.3, 0.4) is 0 Å². The van der Waals surface area contributed by atoms with Gasteiger partial charge in [-0.15, -0.1) is 11.3 Å². The van der Waals surface area contributed by atoms with Gasteiger partial charge in [-0.25, -0.2) is 4.79 Å². The smallest absolute Gasteiger partial charge is 0.342 e. The second-order valence-corrected chi connectivity index (χ2v) is 5.48. The largest absolute Gasteiger partial charge is 0.494 e. The van der Waals surface area contributed by atoms with Crippen molar-refractivity contribution in [1.29, 1.82) is 0 Å². The number of hydrogen-bond acceptors (Lipinski definition) is 5. The van der Waals surface area contributed by atoms with Crippen molar-refractivity contribution in [2.75, 3.05) is 12.8 Å². The molecule has 0 amide bonds. The van der Waals surface area contributed by atoms with Gasteiger partial charge in [-0.05, 0) is 30.7 Å². The van der Waals surface area contributed by atoms with Gasteiger partial charge in [0.2, 0.25) is 0 Å². The molecule has 20 heavy (non-hydrogen) atoms. The Bertz CT molecular complexity index is 607. The first-order valence-corrected chi connectivity index (χ1v) is 7.14. The van der Waals surface area contributed by atoms with E-state index in [1.54, 1.807) is 29.5 Å². The maximum atomic E-state index is 12.1. The standard InChI is InChI=1S/C15H17NO3S/c1-3-10-7-8-11(20-10)9-19-15(17)12-5-4-6-13(16)14(12)18-2/h4-8H,3,9,16H2,1-2H3. The molecule has 2 rings (SSSR count). The lowest BCUT2D eigenvalue weighted by atomic mass is 10.2. The fraction of sp³-hybridized carbons (Fsp3) is 0.267. The average Bonchev–Trinajstić information content (AvgIpc) is 2.92. The molecular weight excluding hydrogens is 274 g/mol. The maximum absolute atomic E-state index is 12.1. The zero-order valence-electron chi connectivity index (χ0n) is 11.5. The minimum Gasteiger partial charge on any atom is -0.494 e. The van der Waals surface area contributed by atoms with E-state index >= 15 is 0 Å². The van der Waals surface area contributed by atoms with E-state index in [0.29, 0.717) is 17.0 Å². The van der Waals surface area contributed by atoms with Crippen LogP contribution in [0.5, 0.6) is 5.75 Å². The first-order valence-electron chi connectivity index (χ1n) is 6.33. The van der Waals surface area contributed by atoms with E-state index < -0.39 is 5.97 Å². The van der Waals surface area contributed by atoms with E-state index in [1.165, 1.54) is 12.0 Å². The van der Waals surface area contributed by atoms with Crippen molar-refractivity contribution >= 4 is 23.0 Å². The number of ether oxygens (including phenoxy) is 2. The van der Waals surface area contributed by atoms with Crippen LogP contribution in [0.25, 0.3) is 0 Å². The normalized spacial score (nSPS) is 10.3. The van der Waals surface area contributed by atoms with Crippen LogP contribution in [-0.2, 0) is 17.8 Å². The fourth-order valence-electron chi connectivity index (χ4n) is 1.85. The molecule has 106 valence electrons. The maximum Gasteiger partial charge on any atom is 0.342 e. The highest BCUT2D eigenvalue weighted by Crippen LogP contribution is 2.27. The van der Waals surface area contributed by atoms with E-state index in [1.807, 2.05) is 6.07 Å². The summed E-state index contributed by atoms with van der Waals surface area (Å²) in [5.74, 6) is -0.0708. The molecule has 1 aromatic carbocycles. The number of rotatable bonds is 5. The lowest BCUT2D eigenvalue weighted by Crippen LogP contribution is -2.08. The van der Waals surface area contributed by atoms with Crippen LogP contribution >= 0.6 is 11.3 Å². The molecule has 0 radical (unpaired) electrons. The monoisotopic (exact) mass is 291 g/mol. The summed E-state index contributed by atoms with van der Waals surface area (Å²) >= 11 is 1.65. The lowest BCUT2D eigenvalue weighted by Gasteiger charge is -2.10. The SMILES string of the molecule is CCc1ccc(COC(=O)c2cccc(N)c2OC)s1. The predicted octanol–water partition coefficient (Wildman–Crippen LogP) is 3.26. The molecule has 0 unspecified atom stereocenters. The Labute approximate surface area is 122 Å². The molecule has 1 heterocycles. The number of aryl methyl sites for hydroxylation is 1. The van der Waals surface area contributed by atoms with Gasteiger partial charge in [0.05, 0.1) is 12.8 Å². The Balaban J connectivity index is 2.07. The van der Waals surface area contributed by atoms with Gasteiger partial charge in [0.25, 0.3) is 0 Å². The number of anilines is 1. The first kappa shape index (κ1) is 14.4. The quantitative estimate of drug-likeness (QED) is 0.678. The summed E-state index contributed by atoms with van der Waals surface area (Å²) in [6, 6.07) is 9.06. The number of carbonyl (C=O) groups is 1. The van der Waals surface area contributed by atoms with Crippen LogP contribution in [0.2, 0.25) is 0 Å². The number of benzene rings is 1. The third-order valence-corrected chi connectivity index (χ3v) is 4.08. The molecule has 5 heteroatoms. The number of carbonyl (C=O) groups excluding carboxylic acids is 1. The summed E-state index contributed by atoms with van der Waals surface area (Å²) in [6.45, 7) is 2.36. The third-order valence-electron chi connectivity index (χ3n) is 2.88. The molecule has 4 nitrogen and oxygen atoms in total. The molecule has 0 atom stereocenters. The zero-order chi connectivity index (χ0) is 14.5. The van der Waals surface area contributed by atoms with Gasteiger partial charge in [0, 0.05) is 9.75 Å². The zero-order valence-corrected chi connectivity index (χ0v) is 12.3. The summed E-state index contributed by atoms with van der Waals surface area (Å²) in [4.78, 5) is 14.4. The summed E-state index contributed by atoms with van der Waals surface area (Å²) in [7, 11) is 1.48. The first-order chi connectivity index (χ1) is 9.65. The number of hydrogen-bond donors (Lipinski definition) is 1. The number of nitrogens with two attached hydrogens (primary N) is 1. The highest BCUT2D eigenvalue weighted by molar-refractivity contribution is 7.11. The second-order valence-electron chi connectivity index (χ2n) is 4.23. The van der Waals surface area contributed by atoms with Crippen molar-refractivity contribution in [2.45, 2.75) is 20.0 Å². The number of para-hydroxylation sites is 1. The number of methoxy groups -OCH3 is 1. The Kier molecular flexibility index (Phi) is 4.63. The second kappa shape index (κ2) is 6.43. The highest BCUT2D eigenvalue weighted by atomic mass is 32.1. The van der Waals surface area contributed by atoms with Crippen LogP contribution in [0.4, 0.5) is 5.69 Å². The molecule has 0 saturated carbocycles. The van der Waals surface area contributed by atoms with Crippen LogP contribution in [0.1, 0.15) is 27.0 Å². The average molecular weight is 291 g/mol. The number of esters is 1. The molecule has 0 aliphatic rings. The van der Waals surface area contributed by atoms with Crippen LogP contribution in [-0.4, -0.2) is 13.1 Å². The Hall–Kier alpha value is -2.01. The lowest BCUT2D eigenvalue weighted by molar-refractivity contribution is 0.0473. The minimum absolute atomic E-state index is 0.265. The fourth-order valence-corrected chi connectivity index (χ4v) is 2.72. The molecular formula is C15H17NO3S. The molecule has 2 N–H and O–H groups in total. The van der Waals surface area contributed by atoms with Gasteiger partial charge in [-0.2, -0.15) is 0 Å². The molecule has 0 bridgehead atoms. The molecule has 0 saturated heterocycles.